The van der Waals surface area contributed by atoms with Crippen LogP contribution in [-0.2, 0) is 4.79 Å². The van der Waals surface area contributed by atoms with Crippen molar-refractivity contribution in [1.82, 2.24) is 5.32 Å². The molecule has 0 fully saturated rings. The van der Waals surface area contributed by atoms with Crippen LogP contribution in [0.2, 0.25) is 0 Å². The van der Waals surface area contributed by atoms with Crippen molar-refractivity contribution in [3.05, 3.63) is 24.3 Å². The zero-order valence-electron chi connectivity index (χ0n) is 29.3. The average Bonchev–Trinajstić information content (AvgIpc) is 3.03. The lowest BCUT2D eigenvalue weighted by atomic mass is 10.0. The second-order valence-corrected chi connectivity index (χ2v) is 13.1. The van der Waals surface area contributed by atoms with Gasteiger partial charge >= 0.3 is 0 Å². The van der Waals surface area contributed by atoms with Gasteiger partial charge in [0.15, 0.2) is 0 Å². The molecule has 0 aromatic heterocycles. The topological polar surface area (TPSA) is 89.8 Å². The summed E-state index contributed by atoms with van der Waals surface area (Å²) in [7, 11) is 0. The summed E-state index contributed by atoms with van der Waals surface area (Å²) in [5.41, 5.74) is 0. The molecule has 0 radical (unpaired) electrons. The number of aliphatic hydroxyl groups excluding tert-OH is 3. The maximum Gasteiger partial charge on any atom is 0.220 e. The maximum atomic E-state index is 12.3. The van der Waals surface area contributed by atoms with Crippen molar-refractivity contribution in [2.45, 2.75) is 212 Å². The highest BCUT2D eigenvalue weighted by Crippen LogP contribution is 2.15. The first-order valence-electron chi connectivity index (χ1n) is 19.1. The summed E-state index contributed by atoms with van der Waals surface area (Å²) in [6, 6.07) is -0.836. The van der Waals surface area contributed by atoms with Crippen LogP contribution in [0.15, 0.2) is 24.3 Å². The highest BCUT2D eigenvalue weighted by atomic mass is 16.3. The van der Waals surface area contributed by atoms with Gasteiger partial charge in [0, 0.05) is 6.42 Å². The van der Waals surface area contributed by atoms with E-state index in [2.05, 4.69) is 43.5 Å². The molecule has 4 N–H and O–H groups in total. The van der Waals surface area contributed by atoms with Gasteiger partial charge in [-0.1, -0.05) is 154 Å². The summed E-state index contributed by atoms with van der Waals surface area (Å²) in [6.45, 7) is 4.11. The minimum Gasteiger partial charge on any atom is -0.394 e. The predicted molar refractivity (Wildman–Crippen MR) is 190 cm³/mol. The number of nitrogens with one attached hydrogen (secondary N) is 1. The normalized spacial score (nSPS) is 14.0. The molecule has 0 rings (SSSR count). The lowest BCUT2D eigenvalue weighted by molar-refractivity contribution is -0.124. The highest BCUT2D eigenvalue weighted by molar-refractivity contribution is 5.76. The predicted octanol–water partition coefficient (Wildman–Crippen LogP) is 10.3. The number of amides is 1. The van der Waals surface area contributed by atoms with E-state index in [0.717, 1.165) is 38.5 Å². The first-order valence-corrected chi connectivity index (χ1v) is 19.1. The lowest BCUT2D eigenvalue weighted by Crippen LogP contribution is -2.50. The number of rotatable bonds is 34. The van der Waals surface area contributed by atoms with E-state index < -0.39 is 18.2 Å². The Hall–Kier alpha value is -1.17. The molecule has 5 nitrogen and oxygen atoms in total. The molecule has 0 spiro atoms. The van der Waals surface area contributed by atoms with Crippen molar-refractivity contribution in [2.75, 3.05) is 6.61 Å². The molecule has 0 saturated carbocycles. The summed E-state index contributed by atoms with van der Waals surface area (Å²) in [4.78, 5) is 12.3. The molecule has 0 bridgehead atoms. The molecule has 0 heterocycles. The summed E-state index contributed by atoms with van der Waals surface area (Å²) >= 11 is 0. The van der Waals surface area contributed by atoms with Crippen LogP contribution in [0.1, 0.15) is 194 Å². The van der Waals surface area contributed by atoms with Gasteiger partial charge in [0.25, 0.3) is 0 Å². The van der Waals surface area contributed by atoms with Gasteiger partial charge in [-0.2, -0.15) is 0 Å². The molecule has 0 aliphatic carbocycles. The van der Waals surface area contributed by atoms with Crippen molar-refractivity contribution >= 4 is 5.91 Å². The molecule has 260 valence electrons. The van der Waals surface area contributed by atoms with Crippen LogP contribution in [-0.4, -0.2) is 46.1 Å². The van der Waals surface area contributed by atoms with E-state index in [-0.39, 0.29) is 12.5 Å². The minimum absolute atomic E-state index is 0.191. The Morgan fingerprint density at radius 2 is 0.909 bits per heavy atom. The molecule has 0 saturated heterocycles. The van der Waals surface area contributed by atoms with Crippen LogP contribution in [0.25, 0.3) is 0 Å². The van der Waals surface area contributed by atoms with Gasteiger partial charge < -0.3 is 20.6 Å². The first-order chi connectivity index (χ1) is 21.6. The molecule has 44 heavy (non-hydrogen) atoms. The molecule has 5 heteroatoms. The number of carbonyl (C=O) groups excluding carboxylic acids is 1. The summed E-state index contributed by atoms with van der Waals surface area (Å²) in [5.74, 6) is -0.191. The largest absolute Gasteiger partial charge is 0.394 e. The average molecular weight is 622 g/mol. The van der Waals surface area contributed by atoms with E-state index in [0.29, 0.717) is 12.8 Å². The van der Waals surface area contributed by atoms with Crippen molar-refractivity contribution in [3.8, 4) is 0 Å². The third kappa shape index (κ3) is 29.5. The fourth-order valence-electron chi connectivity index (χ4n) is 5.75. The molecule has 0 aromatic rings. The molecule has 1 amide bonds. The van der Waals surface area contributed by atoms with Gasteiger partial charge in [-0.15, -0.1) is 0 Å². The zero-order chi connectivity index (χ0) is 32.4. The summed E-state index contributed by atoms with van der Waals surface area (Å²) < 4.78 is 0. The van der Waals surface area contributed by atoms with Crippen LogP contribution in [0.4, 0.5) is 0 Å². The first kappa shape index (κ1) is 42.8. The molecule has 0 aromatic carbocycles. The summed E-state index contributed by atoms with van der Waals surface area (Å²) in [5, 5.41) is 33.2. The van der Waals surface area contributed by atoms with Crippen LogP contribution >= 0.6 is 0 Å². The highest BCUT2D eigenvalue weighted by Gasteiger charge is 2.26. The third-order valence-electron chi connectivity index (χ3n) is 8.78. The van der Waals surface area contributed by atoms with E-state index >= 15 is 0 Å². The van der Waals surface area contributed by atoms with Crippen molar-refractivity contribution in [1.29, 1.82) is 0 Å². The van der Waals surface area contributed by atoms with Crippen LogP contribution in [0.5, 0.6) is 0 Å². The SMILES string of the molecule is CCCCCC/C=C\CCCC(=O)NC(CO)C(O)C(O)CCC/C=C/CCCCCCCCCCCCCCCCCC. The summed E-state index contributed by atoms with van der Waals surface area (Å²) in [6.07, 6.45) is 40.1. The Morgan fingerprint density at radius 3 is 1.34 bits per heavy atom. The Labute approximate surface area is 273 Å². The van der Waals surface area contributed by atoms with E-state index in [4.69, 9.17) is 0 Å². The van der Waals surface area contributed by atoms with Gasteiger partial charge in [0.2, 0.25) is 5.91 Å². The standard InChI is InChI=1S/C39H75NO4/c1-3-5-7-9-11-13-14-15-16-17-18-19-20-21-22-23-24-26-27-29-31-33-37(42)39(44)36(35-41)40-38(43)34-32-30-28-25-12-10-8-6-4-2/h25-28,36-37,39,41-42,44H,3-24,29-35H2,1-2H3,(H,40,43)/b27-26+,28-25-. The molecule has 3 unspecified atom stereocenters. The minimum atomic E-state index is -1.17. The Bertz CT molecular complexity index is 650. The number of aliphatic hydroxyl groups is 3. The number of carbonyl (C=O) groups is 1. The number of hydrogen-bond acceptors (Lipinski definition) is 4. The quantitative estimate of drug-likeness (QED) is 0.0425. The van der Waals surface area contributed by atoms with Crippen LogP contribution in [0.3, 0.4) is 0 Å². The van der Waals surface area contributed by atoms with E-state index in [1.54, 1.807) is 0 Å². The van der Waals surface area contributed by atoms with Crippen LogP contribution in [0, 0.1) is 0 Å². The third-order valence-corrected chi connectivity index (χ3v) is 8.78. The second-order valence-electron chi connectivity index (χ2n) is 13.1. The fourth-order valence-corrected chi connectivity index (χ4v) is 5.75. The second kappa shape index (κ2) is 34.7. The smallest absolute Gasteiger partial charge is 0.220 e. The van der Waals surface area contributed by atoms with Gasteiger partial charge in [-0.3, -0.25) is 4.79 Å². The van der Waals surface area contributed by atoms with Crippen molar-refractivity contribution in [3.63, 3.8) is 0 Å². The van der Waals surface area contributed by atoms with E-state index in [1.165, 1.54) is 128 Å². The van der Waals surface area contributed by atoms with Crippen molar-refractivity contribution in [2.24, 2.45) is 0 Å². The number of unbranched alkanes of at least 4 members (excludes halogenated alkanes) is 22. The number of allylic oxidation sites excluding steroid dienone is 4. The van der Waals surface area contributed by atoms with Crippen LogP contribution < -0.4 is 5.32 Å². The monoisotopic (exact) mass is 622 g/mol. The molecular formula is C39H75NO4. The van der Waals surface area contributed by atoms with E-state index in [1.807, 2.05) is 0 Å². The number of hydrogen-bond donors (Lipinski definition) is 4. The van der Waals surface area contributed by atoms with Crippen molar-refractivity contribution < 1.29 is 20.1 Å². The Morgan fingerprint density at radius 1 is 0.545 bits per heavy atom. The molecule has 3 atom stereocenters. The molecular weight excluding hydrogens is 546 g/mol. The Kier molecular flexibility index (Phi) is 33.8. The van der Waals surface area contributed by atoms with Gasteiger partial charge in [-0.25, -0.2) is 0 Å². The van der Waals surface area contributed by atoms with Gasteiger partial charge in [0.05, 0.1) is 18.8 Å². The molecule has 0 aliphatic rings. The van der Waals surface area contributed by atoms with E-state index in [9.17, 15) is 20.1 Å². The lowest BCUT2D eigenvalue weighted by Gasteiger charge is -2.26. The van der Waals surface area contributed by atoms with Gasteiger partial charge in [0.1, 0.15) is 6.10 Å². The Balaban J connectivity index is 3.67. The molecule has 0 aliphatic heterocycles. The van der Waals surface area contributed by atoms with Gasteiger partial charge in [-0.05, 0) is 57.8 Å². The fraction of sp³-hybridized carbons (Fsp3) is 0.872. The zero-order valence-corrected chi connectivity index (χ0v) is 29.3. The maximum absolute atomic E-state index is 12.3.